The Morgan fingerprint density at radius 1 is 1.06 bits per heavy atom. The molecule has 2 amide bonds. The molecule has 0 saturated carbocycles. The van der Waals surface area contributed by atoms with Gasteiger partial charge in [-0.3, -0.25) is 9.59 Å². The van der Waals surface area contributed by atoms with E-state index in [1.165, 1.54) is 0 Å². The van der Waals surface area contributed by atoms with Gasteiger partial charge < -0.3 is 10.2 Å². The average Bonchev–Trinajstić information content (AvgIpc) is 3.29. The number of amides is 2. The van der Waals surface area contributed by atoms with E-state index in [9.17, 15) is 9.59 Å². The smallest absolute Gasteiger partial charge is 0.253 e. The number of halogens is 1. The van der Waals surface area contributed by atoms with Crippen LogP contribution in [0, 0.1) is 5.92 Å². The molecule has 2 aromatic carbocycles. The molecule has 5 rings (SSSR count). The fourth-order valence-corrected chi connectivity index (χ4v) is 5.05. The van der Waals surface area contributed by atoms with Crippen molar-refractivity contribution in [2.75, 3.05) is 18.4 Å². The Morgan fingerprint density at radius 2 is 1.88 bits per heavy atom. The molecule has 1 aliphatic rings. The largest absolute Gasteiger partial charge is 0.338 e. The molecule has 0 bridgehead atoms. The number of carbonyl (C=O) groups is 2. The number of benzene rings is 2. The van der Waals surface area contributed by atoms with Crippen LogP contribution in [-0.4, -0.2) is 39.8 Å². The Balaban J connectivity index is 1.23. The maximum Gasteiger partial charge on any atom is 0.253 e. The Kier molecular flexibility index (Phi) is 6.07. The summed E-state index contributed by atoms with van der Waals surface area (Å²) in [6, 6.07) is 18.5. The molecule has 166 valence electrons. The Morgan fingerprint density at radius 3 is 2.64 bits per heavy atom. The molecule has 33 heavy (non-hydrogen) atoms. The summed E-state index contributed by atoms with van der Waals surface area (Å²) < 4.78 is 1.12. The third kappa shape index (κ3) is 4.74. The second-order valence-electron chi connectivity index (χ2n) is 8.01. The maximum absolute atomic E-state index is 12.9. The van der Waals surface area contributed by atoms with E-state index in [1.54, 1.807) is 52.8 Å². The minimum Gasteiger partial charge on any atom is -0.338 e. The van der Waals surface area contributed by atoms with Crippen molar-refractivity contribution in [3.8, 4) is 10.6 Å². The van der Waals surface area contributed by atoms with Gasteiger partial charge in [0.1, 0.15) is 10.8 Å². The summed E-state index contributed by atoms with van der Waals surface area (Å²) in [6.45, 7) is 1.03. The molecular formula is C25H21ClN4O2S. The first-order valence-corrected chi connectivity index (χ1v) is 11.9. The lowest BCUT2D eigenvalue weighted by atomic mass is 9.96. The van der Waals surface area contributed by atoms with Crippen LogP contribution in [0.2, 0.25) is 5.02 Å². The van der Waals surface area contributed by atoms with Gasteiger partial charge in [0.2, 0.25) is 5.91 Å². The number of aromatic nitrogens is 2. The van der Waals surface area contributed by atoms with Crippen molar-refractivity contribution in [3.05, 3.63) is 77.4 Å². The van der Waals surface area contributed by atoms with Crippen molar-refractivity contribution in [1.29, 1.82) is 0 Å². The minimum absolute atomic E-state index is 0.0810. The van der Waals surface area contributed by atoms with Gasteiger partial charge in [-0.15, -0.1) is 11.3 Å². The van der Waals surface area contributed by atoms with E-state index >= 15 is 0 Å². The lowest BCUT2D eigenvalue weighted by molar-refractivity contribution is -0.121. The van der Waals surface area contributed by atoms with Gasteiger partial charge >= 0.3 is 0 Å². The van der Waals surface area contributed by atoms with E-state index in [0.717, 1.165) is 33.6 Å². The van der Waals surface area contributed by atoms with Crippen molar-refractivity contribution >= 4 is 50.8 Å². The van der Waals surface area contributed by atoms with Crippen LogP contribution < -0.4 is 5.32 Å². The number of hydrogen-bond acceptors (Lipinski definition) is 5. The topological polar surface area (TPSA) is 75.2 Å². The van der Waals surface area contributed by atoms with E-state index < -0.39 is 0 Å². The van der Waals surface area contributed by atoms with Crippen molar-refractivity contribution in [2.45, 2.75) is 12.8 Å². The molecule has 2 aromatic heterocycles. The third-order valence-corrected chi connectivity index (χ3v) is 7.06. The first-order chi connectivity index (χ1) is 16.1. The normalized spacial score (nSPS) is 16.0. The van der Waals surface area contributed by atoms with E-state index in [0.29, 0.717) is 29.5 Å². The Bertz CT molecular complexity index is 1270. The van der Waals surface area contributed by atoms with Gasteiger partial charge in [-0.1, -0.05) is 23.7 Å². The number of carbonyl (C=O) groups excluding carboxylic acids is 2. The molecule has 0 radical (unpaired) electrons. The third-order valence-electron chi connectivity index (χ3n) is 5.73. The van der Waals surface area contributed by atoms with Crippen LogP contribution >= 0.6 is 22.9 Å². The number of fused-ring (bicyclic) bond motifs is 1. The van der Waals surface area contributed by atoms with Crippen molar-refractivity contribution in [3.63, 3.8) is 0 Å². The van der Waals surface area contributed by atoms with E-state index in [4.69, 9.17) is 11.6 Å². The van der Waals surface area contributed by atoms with Crippen molar-refractivity contribution in [2.24, 2.45) is 5.92 Å². The number of pyridine rings is 1. The van der Waals surface area contributed by atoms with Gasteiger partial charge in [0.15, 0.2) is 0 Å². The second kappa shape index (κ2) is 9.29. The number of thiazole rings is 1. The van der Waals surface area contributed by atoms with Gasteiger partial charge in [0.05, 0.1) is 16.1 Å². The van der Waals surface area contributed by atoms with Crippen LogP contribution in [-0.2, 0) is 4.79 Å². The molecule has 0 spiro atoms. The van der Waals surface area contributed by atoms with Crippen LogP contribution in [0.1, 0.15) is 23.2 Å². The number of nitrogens with zero attached hydrogens (tertiary/aromatic N) is 3. The van der Waals surface area contributed by atoms with E-state index in [2.05, 4.69) is 15.3 Å². The second-order valence-corrected chi connectivity index (χ2v) is 9.47. The first kappa shape index (κ1) is 21.6. The molecule has 1 fully saturated rings. The summed E-state index contributed by atoms with van der Waals surface area (Å²) in [5.74, 6) is 0.0121. The molecule has 1 atom stereocenters. The summed E-state index contributed by atoms with van der Waals surface area (Å²) in [7, 11) is 0. The molecule has 3 heterocycles. The SMILES string of the molecule is O=C(Nc1ccc(-c2nc3ccccc3s2)cn1)C1CCCN(C(=O)c2ccc(Cl)cc2)C1. The van der Waals surface area contributed by atoms with Crippen LogP contribution in [0.5, 0.6) is 0 Å². The highest BCUT2D eigenvalue weighted by molar-refractivity contribution is 7.21. The Labute approximate surface area is 200 Å². The molecule has 1 aliphatic heterocycles. The molecular weight excluding hydrogens is 456 g/mol. The van der Waals surface area contributed by atoms with Gasteiger partial charge in [-0.25, -0.2) is 9.97 Å². The standard InChI is InChI=1S/C25H21ClN4O2S/c26-19-10-7-16(8-11-19)25(32)30-13-3-4-18(15-30)23(31)29-22-12-9-17(14-27-22)24-28-20-5-1-2-6-21(20)33-24/h1-2,5-12,14,18H,3-4,13,15H2,(H,27,29,31). The summed E-state index contributed by atoms with van der Waals surface area (Å²) >= 11 is 7.53. The number of para-hydroxylation sites is 1. The first-order valence-electron chi connectivity index (χ1n) is 10.7. The van der Waals surface area contributed by atoms with E-state index in [1.807, 2.05) is 30.3 Å². The van der Waals surface area contributed by atoms with Crippen LogP contribution in [0.4, 0.5) is 5.82 Å². The fraction of sp³-hybridized carbons (Fsp3) is 0.200. The number of piperidine rings is 1. The molecule has 4 aromatic rings. The number of hydrogen-bond donors (Lipinski definition) is 1. The predicted octanol–water partition coefficient (Wildman–Crippen LogP) is 5.50. The van der Waals surface area contributed by atoms with Gasteiger partial charge in [0.25, 0.3) is 5.91 Å². The molecule has 1 unspecified atom stereocenters. The highest BCUT2D eigenvalue weighted by Gasteiger charge is 2.29. The summed E-state index contributed by atoms with van der Waals surface area (Å²) in [5, 5.41) is 4.38. The number of nitrogens with one attached hydrogen (secondary N) is 1. The lowest BCUT2D eigenvalue weighted by Gasteiger charge is -2.32. The highest BCUT2D eigenvalue weighted by Crippen LogP contribution is 2.30. The van der Waals surface area contributed by atoms with Crippen molar-refractivity contribution in [1.82, 2.24) is 14.9 Å². The van der Waals surface area contributed by atoms with Crippen LogP contribution in [0.25, 0.3) is 20.8 Å². The quantitative estimate of drug-likeness (QED) is 0.422. The molecule has 1 N–H and O–H groups in total. The molecule has 0 aliphatic carbocycles. The number of likely N-dealkylation sites (tertiary alicyclic amines) is 1. The average molecular weight is 477 g/mol. The van der Waals surface area contributed by atoms with Gasteiger partial charge in [0, 0.05) is 35.4 Å². The van der Waals surface area contributed by atoms with Crippen molar-refractivity contribution < 1.29 is 9.59 Å². The van der Waals surface area contributed by atoms with Crippen LogP contribution in [0.15, 0.2) is 66.9 Å². The zero-order valence-electron chi connectivity index (χ0n) is 17.7. The summed E-state index contributed by atoms with van der Waals surface area (Å²) in [4.78, 5) is 36.5. The predicted molar refractivity (Wildman–Crippen MR) is 132 cm³/mol. The number of anilines is 1. The van der Waals surface area contributed by atoms with Gasteiger partial charge in [-0.2, -0.15) is 0 Å². The number of rotatable bonds is 4. The van der Waals surface area contributed by atoms with Gasteiger partial charge in [-0.05, 0) is 61.4 Å². The highest BCUT2D eigenvalue weighted by atomic mass is 35.5. The lowest BCUT2D eigenvalue weighted by Crippen LogP contribution is -2.43. The zero-order valence-corrected chi connectivity index (χ0v) is 19.3. The molecule has 6 nitrogen and oxygen atoms in total. The summed E-state index contributed by atoms with van der Waals surface area (Å²) in [5.41, 5.74) is 2.45. The zero-order chi connectivity index (χ0) is 22.8. The fourth-order valence-electron chi connectivity index (χ4n) is 3.97. The Hall–Kier alpha value is -3.29. The van der Waals surface area contributed by atoms with E-state index in [-0.39, 0.29) is 17.7 Å². The summed E-state index contributed by atoms with van der Waals surface area (Å²) in [6.07, 6.45) is 3.24. The molecule has 1 saturated heterocycles. The minimum atomic E-state index is -0.277. The maximum atomic E-state index is 12.9. The monoisotopic (exact) mass is 476 g/mol. The molecule has 8 heteroatoms. The van der Waals surface area contributed by atoms with Crippen LogP contribution in [0.3, 0.4) is 0 Å².